The summed E-state index contributed by atoms with van der Waals surface area (Å²) < 4.78 is 23.6. The Morgan fingerprint density at radius 2 is 1.83 bits per heavy atom. The van der Waals surface area contributed by atoms with Crippen LogP contribution in [0, 0.1) is 0 Å². The lowest BCUT2D eigenvalue weighted by atomic mass is 10.4. The Balaban J connectivity index is 3.89. The molecule has 9 nitrogen and oxygen atoms in total. The van der Waals surface area contributed by atoms with Gasteiger partial charge in [0.15, 0.2) is 6.10 Å². The number of hydrogen-bond donors (Lipinski definition) is 4. The maximum atomic E-state index is 11.3. The molecule has 0 rings (SSSR count). The predicted molar refractivity (Wildman–Crippen MR) is 62.5 cm³/mol. The molecule has 2 amide bonds. The molecule has 10 heteroatoms. The third kappa shape index (κ3) is 6.37. The number of carbonyl (C=O) groups excluding carboxylic acids is 1. The van der Waals surface area contributed by atoms with Crippen molar-refractivity contribution < 1.29 is 28.2 Å². The van der Waals surface area contributed by atoms with Crippen LogP contribution in [0.1, 0.15) is 0 Å². The van der Waals surface area contributed by atoms with Crippen LogP contribution in [0.15, 0.2) is 0 Å². The lowest BCUT2D eigenvalue weighted by Gasteiger charge is -2.12. The highest BCUT2D eigenvalue weighted by Crippen LogP contribution is 1.91. The van der Waals surface area contributed by atoms with Gasteiger partial charge in [0.05, 0.1) is 12.3 Å². The number of aliphatic hydroxyl groups excluding tert-OH is 1. The maximum Gasteiger partial charge on any atom is 0.334 e. The summed E-state index contributed by atoms with van der Waals surface area (Å²) in [5.74, 6) is -1.72. The van der Waals surface area contributed by atoms with Gasteiger partial charge >= 0.3 is 12.0 Å². The first-order valence-electron chi connectivity index (χ1n) is 4.99. The minimum absolute atomic E-state index is 0.116. The first-order chi connectivity index (χ1) is 8.16. The largest absolute Gasteiger partial charge is 0.479 e. The van der Waals surface area contributed by atoms with Crippen LogP contribution in [0.4, 0.5) is 4.79 Å². The highest BCUT2D eigenvalue weighted by atomic mass is 32.2. The van der Waals surface area contributed by atoms with Crippen molar-refractivity contribution in [2.75, 3.05) is 32.9 Å². The molecule has 0 aliphatic heterocycles. The highest BCUT2D eigenvalue weighted by molar-refractivity contribution is 7.89. The maximum absolute atomic E-state index is 11.3. The number of nitrogens with one attached hydrogen (secondary N) is 2. The minimum atomic E-state index is -3.39. The predicted octanol–water partition coefficient (Wildman–Crippen LogP) is -2.38. The first-order valence-corrected chi connectivity index (χ1v) is 6.60. The molecule has 0 fully saturated rings. The first kappa shape index (κ1) is 16.6. The van der Waals surface area contributed by atoms with Gasteiger partial charge in [0.25, 0.3) is 0 Å². The van der Waals surface area contributed by atoms with Gasteiger partial charge in [0.1, 0.15) is 0 Å². The molecule has 0 bridgehead atoms. The van der Waals surface area contributed by atoms with E-state index in [-0.39, 0.29) is 12.3 Å². The van der Waals surface area contributed by atoms with Crippen molar-refractivity contribution in [3.63, 3.8) is 0 Å². The van der Waals surface area contributed by atoms with Crippen molar-refractivity contribution in [2.45, 2.75) is 6.10 Å². The van der Waals surface area contributed by atoms with Gasteiger partial charge in [0.2, 0.25) is 10.0 Å². The van der Waals surface area contributed by atoms with Crippen molar-refractivity contribution in [3.05, 3.63) is 0 Å². The Bertz CT molecular complexity index is 394. The third-order valence-electron chi connectivity index (χ3n) is 1.94. The van der Waals surface area contributed by atoms with E-state index in [2.05, 4.69) is 10.6 Å². The lowest BCUT2D eigenvalue weighted by molar-refractivity contribution is -0.146. The third-order valence-corrected chi connectivity index (χ3v) is 3.78. The number of rotatable bonds is 7. The highest BCUT2D eigenvalue weighted by Gasteiger charge is 2.15. The van der Waals surface area contributed by atoms with Gasteiger partial charge in [-0.3, -0.25) is 0 Å². The summed E-state index contributed by atoms with van der Waals surface area (Å²) in [6.07, 6.45) is -1.69. The molecule has 0 heterocycles. The van der Waals surface area contributed by atoms with Crippen molar-refractivity contribution >= 4 is 22.0 Å². The Labute approximate surface area is 105 Å². The summed E-state index contributed by atoms with van der Waals surface area (Å²) in [4.78, 5) is 21.3. The summed E-state index contributed by atoms with van der Waals surface area (Å²) >= 11 is 0. The number of aliphatic hydroxyl groups is 1. The number of carboxylic acid groups (broad SMARTS) is 1. The molecule has 0 aliphatic carbocycles. The van der Waals surface area contributed by atoms with E-state index in [0.29, 0.717) is 0 Å². The molecule has 0 saturated heterocycles. The van der Waals surface area contributed by atoms with Crippen LogP contribution in [0.25, 0.3) is 0 Å². The van der Waals surface area contributed by atoms with Gasteiger partial charge in [0, 0.05) is 20.6 Å². The Kier molecular flexibility index (Phi) is 6.58. The molecule has 4 N–H and O–H groups in total. The van der Waals surface area contributed by atoms with Crippen molar-refractivity contribution in [3.8, 4) is 0 Å². The fourth-order valence-electron chi connectivity index (χ4n) is 0.815. The van der Waals surface area contributed by atoms with Gasteiger partial charge in [-0.05, 0) is 0 Å². The van der Waals surface area contributed by atoms with E-state index in [9.17, 15) is 18.0 Å². The van der Waals surface area contributed by atoms with Crippen LogP contribution in [0.5, 0.6) is 0 Å². The second-order valence-corrected chi connectivity index (χ2v) is 5.89. The summed E-state index contributed by atoms with van der Waals surface area (Å²) in [5.41, 5.74) is 0. The van der Waals surface area contributed by atoms with Crippen LogP contribution >= 0.6 is 0 Å². The quantitative estimate of drug-likeness (QED) is 0.412. The van der Waals surface area contributed by atoms with E-state index in [0.717, 1.165) is 4.31 Å². The standard InChI is InChI=1S/C8H17N3O6S/c1-11(2)18(16,17)4-3-9-8(15)10-5-6(12)7(13)14/h6,12H,3-5H2,1-2H3,(H,13,14)(H2,9,10,15). The number of aliphatic carboxylic acids is 1. The van der Waals surface area contributed by atoms with E-state index >= 15 is 0 Å². The van der Waals surface area contributed by atoms with Crippen LogP contribution < -0.4 is 10.6 Å². The van der Waals surface area contributed by atoms with E-state index in [4.69, 9.17) is 10.2 Å². The molecule has 0 aromatic rings. The minimum Gasteiger partial charge on any atom is -0.479 e. The molecule has 0 radical (unpaired) electrons. The number of carboxylic acids is 1. The Hall–Kier alpha value is -1.39. The van der Waals surface area contributed by atoms with Gasteiger partial charge in [-0.15, -0.1) is 0 Å². The normalized spacial score (nSPS) is 13.1. The van der Waals surface area contributed by atoms with Gasteiger partial charge in [-0.1, -0.05) is 0 Å². The van der Waals surface area contributed by atoms with Crippen LogP contribution in [0.2, 0.25) is 0 Å². The lowest BCUT2D eigenvalue weighted by Crippen LogP contribution is -2.43. The Morgan fingerprint density at radius 1 is 1.28 bits per heavy atom. The van der Waals surface area contributed by atoms with Crippen molar-refractivity contribution in [1.82, 2.24) is 14.9 Å². The molecule has 1 unspecified atom stereocenters. The monoisotopic (exact) mass is 283 g/mol. The zero-order chi connectivity index (χ0) is 14.3. The van der Waals surface area contributed by atoms with E-state index in [1.54, 1.807) is 0 Å². The van der Waals surface area contributed by atoms with Crippen LogP contribution in [0.3, 0.4) is 0 Å². The summed E-state index contributed by atoms with van der Waals surface area (Å²) in [6.45, 7) is -0.572. The van der Waals surface area contributed by atoms with Crippen molar-refractivity contribution in [2.24, 2.45) is 0 Å². The second kappa shape index (κ2) is 7.13. The SMILES string of the molecule is CN(C)S(=O)(=O)CCNC(=O)NCC(O)C(=O)O. The van der Waals surface area contributed by atoms with E-state index < -0.39 is 34.7 Å². The molecule has 0 aliphatic rings. The van der Waals surface area contributed by atoms with E-state index in [1.165, 1.54) is 14.1 Å². The molecule has 106 valence electrons. The number of urea groups is 1. The average Bonchev–Trinajstić information content (AvgIpc) is 2.25. The molecule has 0 aromatic heterocycles. The number of amides is 2. The fraction of sp³-hybridized carbons (Fsp3) is 0.750. The van der Waals surface area contributed by atoms with Gasteiger partial charge in [-0.25, -0.2) is 22.3 Å². The zero-order valence-corrected chi connectivity index (χ0v) is 10.9. The molecule has 0 aromatic carbocycles. The molecule has 1 atom stereocenters. The molecular weight excluding hydrogens is 266 g/mol. The fourth-order valence-corrected chi connectivity index (χ4v) is 1.54. The van der Waals surface area contributed by atoms with Crippen molar-refractivity contribution in [1.29, 1.82) is 0 Å². The van der Waals surface area contributed by atoms with E-state index in [1.807, 2.05) is 0 Å². The summed E-state index contributed by atoms with van der Waals surface area (Å²) in [5, 5.41) is 21.5. The second-order valence-electron chi connectivity index (χ2n) is 3.59. The number of nitrogens with zero attached hydrogens (tertiary/aromatic N) is 1. The molecule has 0 spiro atoms. The van der Waals surface area contributed by atoms with Gasteiger partial charge in [-0.2, -0.15) is 0 Å². The number of hydrogen-bond acceptors (Lipinski definition) is 5. The summed E-state index contributed by atoms with van der Waals surface area (Å²) in [6, 6.07) is -0.746. The van der Waals surface area contributed by atoms with Crippen LogP contribution in [-0.2, 0) is 14.8 Å². The molecule has 0 saturated carbocycles. The molecular formula is C8H17N3O6S. The topological polar surface area (TPSA) is 136 Å². The number of sulfonamides is 1. The zero-order valence-electron chi connectivity index (χ0n) is 10.1. The molecule has 18 heavy (non-hydrogen) atoms. The average molecular weight is 283 g/mol. The van der Waals surface area contributed by atoms with Crippen LogP contribution in [-0.4, -0.2) is 74.0 Å². The number of carbonyl (C=O) groups is 2. The summed E-state index contributed by atoms with van der Waals surface area (Å²) in [7, 11) is -0.644. The van der Waals surface area contributed by atoms with Gasteiger partial charge < -0.3 is 20.8 Å². The Morgan fingerprint density at radius 3 is 2.28 bits per heavy atom. The smallest absolute Gasteiger partial charge is 0.334 e.